The molecular formula is C40H33N3. The van der Waals surface area contributed by atoms with Gasteiger partial charge in [0.2, 0.25) is 0 Å². The Kier molecular flexibility index (Phi) is 8.33. The Hall–Kier alpha value is -5.54. The van der Waals surface area contributed by atoms with Gasteiger partial charge in [0.15, 0.2) is 0 Å². The average molecular weight is 556 g/mol. The van der Waals surface area contributed by atoms with Crippen molar-refractivity contribution >= 4 is 28.5 Å². The van der Waals surface area contributed by atoms with E-state index >= 15 is 0 Å². The van der Waals surface area contributed by atoms with Crippen molar-refractivity contribution in [2.75, 3.05) is 19.0 Å². The van der Waals surface area contributed by atoms with Gasteiger partial charge >= 0.3 is 0 Å². The second-order valence-corrected chi connectivity index (χ2v) is 10.2. The third-order valence-electron chi connectivity index (χ3n) is 7.53. The molecule has 0 fully saturated rings. The predicted molar refractivity (Wildman–Crippen MR) is 183 cm³/mol. The second-order valence-electron chi connectivity index (χ2n) is 10.2. The summed E-state index contributed by atoms with van der Waals surface area (Å²) in [5.74, 6) is 0. The predicted octanol–water partition coefficient (Wildman–Crippen LogP) is 9.76. The van der Waals surface area contributed by atoms with E-state index in [0.29, 0.717) is 0 Å². The van der Waals surface area contributed by atoms with Crippen molar-refractivity contribution in [3.8, 4) is 11.1 Å². The topological polar surface area (TPSA) is 28.0 Å². The molecule has 0 unspecified atom stereocenters. The van der Waals surface area contributed by atoms with Gasteiger partial charge in [0.05, 0.1) is 11.4 Å². The molecule has 0 aliphatic carbocycles. The molecule has 43 heavy (non-hydrogen) atoms. The van der Waals surface area contributed by atoms with Crippen molar-refractivity contribution in [3.63, 3.8) is 0 Å². The Morgan fingerprint density at radius 1 is 0.372 bits per heavy atom. The van der Waals surface area contributed by atoms with Gasteiger partial charge in [-0.2, -0.15) is 0 Å². The Morgan fingerprint density at radius 2 is 0.767 bits per heavy atom. The summed E-state index contributed by atoms with van der Waals surface area (Å²) in [5, 5.41) is 0. The van der Waals surface area contributed by atoms with E-state index in [0.717, 1.165) is 50.7 Å². The minimum Gasteiger partial charge on any atom is -0.310 e. The van der Waals surface area contributed by atoms with Crippen molar-refractivity contribution < 1.29 is 0 Å². The van der Waals surface area contributed by atoms with Crippen molar-refractivity contribution in [1.29, 1.82) is 0 Å². The van der Waals surface area contributed by atoms with Crippen LogP contribution < -0.4 is 4.90 Å². The maximum absolute atomic E-state index is 4.68. The van der Waals surface area contributed by atoms with Crippen LogP contribution in [0.1, 0.15) is 22.3 Å². The molecule has 208 valence electrons. The highest BCUT2D eigenvalue weighted by Gasteiger charge is 2.17. The summed E-state index contributed by atoms with van der Waals surface area (Å²) in [6, 6.07) is 57.2. The van der Waals surface area contributed by atoms with Crippen LogP contribution in [0.2, 0.25) is 0 Å². The first-order chi connectivity index (χ1) is 21.2. The number of hydrogen-bond acceptors (Lipinski definition) is 3. The lowest BCUT2D eigenvalue weighted by atomic mass is 9.99. The van der Waals surface area contributed by atoms with E-state index in [1.54, 1.807) is 0 Å². The van der Waals surface area contributed by atoms with Crippen LogP contribution in [0.25, 0.3) is 11.1 Å². The van der Waals surface area contributed by atoms with Crippen LogP contribution in [0.3, 0.4) is 0 Å². The lowest BCUT2D eigenvalue weighted by molar-refractivity contribution is 1.27. The minimum absolute atomic E-state index is 0.958. The molecule has 0 saturated heterocycles. The zero-order valence-electron chi connectivity index (χ0n) is 24.4. The normalized spacial score (nSPS) is 11.8. The number of benzene rings is 6. The standard InChI is InChI=1S/C40H33N3/c1-41-39(32-16-8-4-9-17-32)34-20-12-22-37(28-34)43(36-26-24-31(25-27-36)30-14-6-3-7-15-30)38-23-13-21-35(29-38)40(42-2)33-18-10-5-11-19-33/h3-29H,1-2H3. The maximum Gasteiger partial charge on any atom is 0.0716 e. The number of aliphatic imine (C=N–C) groups is 2. The summed E-state index contributed by atoms with van der Waals surface area (Å²) < 4.78 is 0. The van der Waals surface area contributed by atoms with Gasteiger partial charge in [0, 0.05) is 53.4 Å². The van der Waals surface area contributed by atoms with Crippen LogP contribution in [0.15, 0.2) is 174 Å². The fourth-order valence-corrected chi connectivity index (χ4v) is 5.51. The molecule has 0 aliphatic rings. The van der Waals surface area contributed by atoms with Gasteiger partial charge in [-0.05, 0) is 47.5 Å². The number of anilines is 3. The summed E-state index contributed by atoms with van der Waals surface area (Å²) in [6.07, 6.45) is 0. The van der Waals surface area contributed by atoms with Crippen LogP contribution in [-0.4, -0.2) is 25.5 Å². The van der Waals surface area contributed by atoms with Gasteiger partial charge in [0.1, 0.15) is 0 Å². The summed E-state index contributed by atoms with van der Waals surface area (Å²) in [5.41, 5.74) is 11.8. The molecule has 0 N–H and O–H groups in total. The van der Waals surface area contributed by atoms with Gasteiger partial charge in [-0.25, -0.2) is 0 Å². The van der Waals surface area contributed by atoms with E-state index in [4.69, 9.17) is 0 Å². The Balaban J connectivity index is 1.47. The Labute approximate surface area is 254 Å². The first kappa shape index (κ1) is 27.6. The van der Waals surface area contributed by atoms with Gasteiger partial charge < -0.3 is 4.90 Å². The van der Waals surface area contributed by atoms with Gasteiger partial charge in [-0.3, -0.25) is 9.98 Å². The van der Waals surface area contributed by atoms with Crippen LogP contribution in [0.5, 0.6) is 0 Å². The van der Waals surface area contributed by atoms with E-state index in [1.807, 2.05) is 32.3 Å². The lowest BCUT2D eigenvalue weighted by Gasteiger charge is -2.27. The van der Waals surface area contributed by atoms with Crippen molar-refractivity contribution in [2.45, 2.75) is 0 Å². The molecule has 0 radical (unpaired) electrons. The number of rotatable bonds is 8. The molecule has 0 spiro atoms. The summed E-state index contributed by atoms with van der Waals surface area (Å²) in [4.78, 5) is 11.7. The molecule has 6 aromatic carbocycles. The van der Waals surface area contributed by atoms with E-state index < -0.39 is 0 Å². The molecule has 6 aromatic rings. The molecule has 0 amide bonds. The molecular weight excluding hydrogens is 522 g/mol. The molecule has 0 bridgehead atoms. The van der Waals surface area contributed by atoms with Crippen LogP contribution in [-0.2, 0) is 0 Å². The lowest BCUT2D eigenvalue weighted by Crippen LogP contribution is -2.13. The van der Waals surface area contributed by atoms with Crippen LogP contribution in [0, 0.1) is 0 Å². The third-order valence-corrected chi connectivity index (χ3v) is 7.53. The monoisotopic (exact) mass is 555 g/mol. The highest BCUT2D eigenvalue weighted by atomic mass is 15.1. The van der Waals surface area contributed by atoms with Crippen molar-refractivity contribution in [1.82, 2.24) is 0 Å². The van der Waals surface area contributed by atoms with Gasteiger partial charge in [-0.1, -0.05) is 127 Å². The summed E-state index contributed by atoms with van der Waals surface area (Å²) in [7, 11) is 3.71. The average Bonchev–Trinajstić information content (AvgIpc) is 3.08. The summed E-state index contributed by atoms with van der Waals surface area (Å²) >= 11 is 0. The van der Waals surface area contributed by atoms with E-state index in [2.05, 4.69) is 160 Å². The molecule has 3 heteroatoms. The van der Waals surface area contributed by atoms with E-state index in [9.17, 15) is 0 Å². The zero-order chi connectivity index (χ0) is 29.4. The quantitative estimate of drug-likeness (QED) is 0.172. The van der Waals surface area contributed by atoms with Crippen molar-refractivity contribution in [2.24, 2.45) is 9.98 Å². The Bertz CT molecular complexity index is 1760. The second kappa shape index (κ2) is 13.0. The number of nitrogens with zero attached hydrogens (tertiary/aromatic N) is 3. The smallest absolute Gasteiger partial charge is 0.0716 e. The zero-order valence-corrected chi connectivity index (χ0v) is 24.4. The minimum atomic E-state index is 0.958. The molecule has 0 aliphatic heterocycles. The maximum atomic E-state index is 4.68. The first-order valence-electron chi connectivity index (χ1n) is 14.5. The molecule has 6 rings (SSSR count). The van der Waals surface area contributed by atoms with E-state index in [-0.39, 0.29) is 0 Å². The highest BCUT2D eigenvalue weighted by molar-refractivity contribution is 6.14. The Morgan fingerprint density at radius 3 is 1.21 bits per heavy atom. The van der Waals surface area contributed by atoms with Gasteiger partial charge in [0.25, 0.3) is 0 Å². The third kappa shape index (κ3) is 6.07. The largest absolute Gasteiger partial charge is 0.310 e. The fraction of sp³-hybridized carbons (Fsp3) is 0.0500. The van der Waals surface area contributed by atoms with E-state index in [1.165, 1.54) is 11.1 Å². The van der Waals surface area contributed by atoms with Crippen molar-refractivity contribution in [3.05, 3.63) is 186 Å². The molecule has 3 nitrogen and oxygen atoms in total. The molecule has 0 atom stereocenters. The van der Waals surface area contributed by atoms with Crippen LogP contribution >= 0.6 is 0 Å². The first-order valence-corrected chi connectivity index (χ1v) is 14.5. The van der Waals surface area contributed by atoms with Gasteiger partial charge in [-0.15, -0.1) is 0 Å². The molecule has 0 saturated carbocycles. The summed E-state index contributed by atoms with van der Waals surface area (Å²) in [6.45, 7) is 0. The van der Waals surface area contributed by atoms with Crippen LogP contribution in [0.4, 0.5) is 17.1 Å². The highest BCUT2D eigenvalue weighted by Crippen LogP contribution is 2.37. The fourth-order valence-electron chi connectivity index (χ4n) is 5.51. The molecule has 0 heterocycles. The SMILES string of the molecule is CN=C(c1ccccc1)c1cccc(N(c2ccc(-c3ccccc3)cc2)c2cccc(C(=NC)c3ccccc3)c2)c1. The number of hydrogen-bond donors (Lipinski definition) is 0. The molecule has 0 aromatic heterocycles.